The first-order valence-corrected chi connectivity index (χ1v) is 5.79. The second-order valence-corrected chi connectivity index (χ2v) is 4.62. The van der Waals surface area contributed by atoms with Gasteiger partial charge in [0.2, 0.25) is 0 Å². The SMILES string of the molecule is Cc1cnc(C2CCC(CC(=O)O)CC2)o1. The molecule has 1 aromatic rings. The maximum absolute atomic E-state index is 10.6. The summed E-state index contributed by atoms with van der Waals surface area (Å²) in [7, 11) is 0. The Balaban J connectivity index is 1.87. The van der Waals surface area contributed by atoms with E-state index in [1.165, 1.54) is 0 Å². The zero-order chi connectivity index (χ0) is 11.5. The minimum atomic E-state index is -0.685. The zero-order valence-corrected chi connectivity index (χ0v) is 9.48. The average Bonchev–Trinajstić information content (AvgIpc) is 2.65. The number of carbonyl (C=O) groups is 1. The van der Waals surface area contributed by atoms with Crippen LogP contribution in [0.5, 0.6) is 0 Å². The van der Waals surface area contributed by atoms with Crippen LogP contribution in [0, 0.1) is 12.8 Å². The number of aromatic nitrogens is 1. The van der Waals surface area contributed by atoms with E-state index in [0.717, 1.165) is 37.3 Å². The predicted molar refractivity (Wildman–Crippen MR) is 58.2 cm³/mol. The van der Waals surface area contributed by atoms with Crippen LogP contribution in [0.4, 0.5) is 0 Å². The molecule has 1 saturated carbocycles. The van der Waals surface area contributed by atoms with Crippen molar-refractivity contribution in [2.45, 2.75) is 44.9 Å². The smallest absolute Gasteiger partial charge is 0.303 e. The van der Waals surface area contributed by atoms with Crippen molar-refractivity contribution in [2.24, 2.45) is 5.92 Å². The summed E-state index contributed by atoms with van der Waals surface area (Å²) in [6.45, 7) is 1.90. The summed E-state index contributed by atoms with van der Waals surface area (Å²) >= 11 is 0. The molecule has 0 aliphatic heterocycles. The van der Waals surface area contributed by atoms with Crippen molar-refractivity contribution < 1.29 is 14.3 Å². The summed E-state index contributed by atoms with van der Waals surface area (Å²) in [5.41, 5.74) is 0. The second-order valence-electron chi connectivity index (χ2n) is 4.62. The summed E-state index contributed by atoms with van der Waals surface area (Å²) in [6.07, 6.45) is 5.99. The van der Waals surface area contributed by atoms with Gasteiger partial charge in [0.1, 0.15) is 5.76 Å². The Kier molecular flexibility index (Phi) is 3.27. The van der Waals surface area contributed by atoms with Gasteiger partial charge in [0.15, 0.2) is 5.89 Å². The number of oxazole rings is 1. The van der Waals surface area contributed by atoms with Crippen LogP contribution in [-0.2, 0) is 4.79 Å². The number of aryl methyl sites for hydroxylation is 1. The third-order valence-electron chi connectivity index (χ3n) is 3.30. The van der Waals surface area contributed by atoms with Gasteiger partial charge in [-0.1, -0.05) is 0 Å². The number of rotatable bonds is 3. The Morgan fingerprint density at radius 2 is 2.19 bits per heavy atom. The molecule has 88 valence electrons. The van der Waals surface area contributed by atoms with Crippen molar-refractivity contribution in [2.75, 3.05) is 0 Å². The van der Waals surface area contributed by atoms with Crippen LogP contribution < -0.4 is 0 Å². The van der Waals surface area contributed by atoms with Gasteiger partial charge in [0, 0.05) is 12.3 Å². The fourth-order valence-electron chi connectivity index (χ4n) is 2.42. The molecule has 0 spiro atoms. The molecule has 0 unspecified atom stereocenters. The second kappa shape index (κ2) is 4.68. The summed E-state index contributed by atoms with van der Waals surface area (Å²) < 4.78 is 5.51. The Bertz CT molecular complexity index is 364. The third kappa shape index (κ3) is 2.62. The van der Waals surface area contributed by atoms with Crippen LogP contribution in [0.15, 0.2) is 10.6 Å². The normalized spacial score (nSPS) is 25.6. The highest BCUT2D eigenvalue weighted by atomic mass is 16.4. The fraction of sp³-hybridized carbons (Fsp3) is 0.667. The molecule has 4 nitrogen and oxygen atoms in total. The Hall–Kier alpha value is -1.32. The number of nitrogens with zero attached hydrogens (tertiary/aromatic N) is 1. The monoisotopic (exact) mass is 223 g/mol. The molecule has 0 aromatic carbocycles. The van der Waals surface area contributed by atoms with Crippen molar-refractivity contribution in [1.82, 2.24) is 4.98 Å². The lowest BCUT2D eigenvalue weighted by Crippen LogP contribution is -2.16. The van der Waals surface area contributed by atoms with Crippen molar-refractivity contribution >= 4 is 5.97 Å². The Labute approximate surface area is 94.7 Å². The minimum Gasteiger partial charge on any atom is -0.481 e. The van der Waals surface area contributed by atoms with Gasteiger partial charge in [0.25, 0.3) is 0 Å². The van der Waals surface area contributed by atoms with Crippen molar-refractivity contribution in [1.29, 1.82) is 0 Å². The number of carboxylic acid groups (broad SMARTS) is 1. The summed E-state index contributed by atoms with van der Waals surface area (Å²) in [4.78, 5) is 14.8. The van der Waals surface area contributed by atoms with Gasteiger partial charge in [-0.25, -0.2) is 4.98 Å². The highest BCUT2D eigenvalue weighted by molar-refractivity contribution is 5.67. The van der Waals surface area contributed by atoms with Gasteiger partial charge in [-0.3, -0.25) is 4.79 Å². The lowest BCUT2D eigenvalue weighted by Gasteiger charge is -2.25. The molecule has 1 N–H and O–H groups in total. The van der Waals surface area contributed by atoms with Crippen LogP contribution in [0.1, 0.15) is 49.7 Å². The van der Waals surface area contributed by atoms with Crippen LogP contribution in [0.25, 0.3) is 0 Å². The number of aliphatic carboxylic acids is 1. The van der Waals surface area contributed by atoms with Gasteiger partial charge in [-0.2, -0.15) is 0 Å². The van der Waals surface area contributed by atoms with E-state index < -0.39 is 5.97 Å². The molecule has 1 heterocycles. The molecule has 0 bridgehead atoms. The molecular weight excluding hydrogens is 206 g/mol. The molecule has 0 radical (unpaired) electrons. The number of hydrogen-bond donors (Lipinski definition) is 1. The van der Waals surface area contributed by atoms with Crippen LogP contribution in [0.3, 0.4) is 0 Å². The topological polar surface area (TPSA) is 63.3 Å². The minimum absolute atomic E-state index is 0.303. The lowest BCUT2D eigenvalue weighted by molar-refractivity contribution is -0.138. The molecule has 0 atom stereocenters. The van der Waals surface area contributed by atoms with E-state index in [-0.39, 0.29) is 0 Å². The van der Waals surface area contributed by atoms with E-state index in [4.69, 9.17) is 9.52 Å². The standard InChI is InChI=1S/C12H17NO3/c1-8-7-13-12(16-8)10-4-2-9(3-5-10)6-11(14)15/h7,9-10H,2-6H2,1H3,(H,14,15). The maximum Gasteiger partial charge on any atom is 0.303 e. The van der Waals surface area contributed by atoms with Gasteiger partial charge >= 0.3 is 5.97 Å². The van der Waals surface area contributed by atoms with Gasteiger partial charge in [-0.15, -0.1) is 0 Å². The molecule has 1 aliphatic rings. The predicted octanol–water partition coefficient (Wildman–Crippen LogP) is 2.73. The summed E-state index contributed by atoms with van der Waals surface area (Å²) in [5.74, 6) is 1.72. The van der Waals surface area contributed by atoms with E-state index in [1.54, 1.807) is 6.20 Å². The van der Waals surface area contributed by atoms with Crippen molar-refractivity contribution in [3.63, 3.8) is 0 Å². The summed E-state index contributed by atoms with van der Waals surface area (Å²) in [5, 5.41) is 8.72. The molecule has 1 aliphatic carbocycles. The zero-order valence-electron chi connectivity index (χ0n) is 9.48. The van der Waals surface area contributed by atoms with E-state index in [9.17, 15) is 4.79 Å². The Morgan fingerprint density at radius 1 is 1.50 bits per heavy atom. The van der Waals surface area contributed by atoms with E-state index in [2.05, 4.69) is 4.98 Å². The molecule has 1 fully saturated rings. The van der Waals surface area contributed by atoms with Crippen molar-refractivity contribution in [3.8, 4) is 0 Å². The quantitative estimate of drug-likeness (QED) is 0.855. The van der Waals surface area contributed by atoms with Gasteiger partial charge < -0.3 is 9.52 Å². The van der Waals surface area contributed by atoms with Crippen LogP contribution in [-0.4, -0.2) is 16.1 Å². The first kappa shape index (κ1) is 11.2. The molecular formula is C12H17NO3. The highest BCUT2D eigenvalue weighted by Gasteiger charge is 2.26. The third-order valence-corrected chi connectivity index (χ3v) is 3.30. The van der Waals surface area contributed by atoms with E-state index >= 15 is 0 Å². The largest absolute Gasteiger partial charge is 0.481 e. The molecule has 4 heteroatoms. The fourth-order valence-corrected chi connectivity index (χ4v) is 2.42. The molecule has 0 amide bonds. The molecule has 16 heavy (non-hydrogen) atoms. The number of hydrogen-bond acceptors (Lipinski definition) is 3. The first-order valence-electron chi connectivity index (χ1n) is 5.79. The van der Waals surface area contributed by atoms with Crippen LogP contribution >= 0.6 is 0 Å². The van der Waals surface area contributed by atoms with Crippen LogP contribution in [0.2, 0.25) is 0 Å². The maximum atomic E-state index is 10.6. The first-order chi connectivity index (χ1) is 7.65. The average molecular weight is 223 g/mol. The van der Waals surface area contributed by atoms with E-state index in [1.807, 2.05) is 6.92 Å². The molecule has 0 saturated heterocycles. The number of carboxylic acids is 1. The van der Waals surface area contributed by atoms with Gasteiger partial charge in [-0.05, 0) is 38.5 Å². The summed E-state index contributed by atoms with van der Waals surface area (Å²) in [6, 6.07) is 0. The molecule has 2 rings (SSSR count). The van der Waals surface area contributed by atoms with Crippen molar-refractivity contribution in [3.05, 3.63) is 17.8 Å². The Morgan fingerprint density at radius 3 is 2.69 bits per heavy atom. The highest BCUT2D eigenvalue weighted by Crippen LogP contribution is 2.36. The molecule has 1 aromatic heterocycles. The van der Waals surface area contributed by atoms with Gasteiger partial charge in [0.05, 0.1) is 6.20 Å². The van der Waals surface area contributed by atoms with E-state index in [0.29, 0.717) is 18.3 Å². The lowest BCUT2D eigenvalue weighted by atomic mass is 9.80.